The predicted molar refractivity (Wildman–Crippen MR) is 77.8 cm³/mol. The van der Waals surface area contributed by atoms with Gasteiger partial charge in [-0.15, -0.1) is 11.3 Å². The third-order valence-electron chi connectivity index (χ3n) is 3.87. The fourth-order valence-corrected chi connectivity index (χ4v) is 3.83. The topological polar surface area (TPSA) is 28.2 Å². The van der Waals surface area contributed by atoms with Crippen LogP contribution in [0, 0.1) is 13.8 Å². The van der Waals surface area contributed by atoms with Crippen molar-refractivity contribution in [3.8, 4) is 0 Å². The number of nitrogens with zero attached hydrogens (tertiary/aromatic N) is 2. The molecule has 3 unspecified atom stereocenters. The number of hydrogen-bond acceptors (Lipinski definition) is 4. The van der Waals surface area contributed by atoms with Crippen LogP contribution in [0.1, 0.15) is 61.7 Å². The van der Waals surface area contributed by atoms with Crippen molar-refractivity contribution < 1.29 is 0 Å². The summed E-state index contributed by atoms with van der Waals surface area (Å²) >= 11 is 1.81. The van der Waals surface area contributed by atoms with Crippen molar-refractivity contribution in [1.29, 1.82) is 0 Å². The summed E-state index contributed by atoms with van der Waals surface area (Å²) in [6.07, 6.45) is 3.95. The van der Waals surface area contributed by atoms with Gasteiger partial charge in [0.15, 0.2) is 0 Å². The van der Waals surface area contributed by atoms with E-state index >= 15 is 0 Å². The molecular weight excluding hydrogens is 242 g/mol. The monoisotopic (exact) mass is 267 g/mol. The molecule has 2 rings (SSSR count). The number of aromatic nitrogens is 1. The van der Waals surface area contributed by atoms with Gasteiger partial charge < -0.3 is 0 Å². The molecule has 1 fully saturated rings. The Labute approximate surface area is 115 Å². The molecule has 1 aliphatic rings. The largest absolute Gasteiger partial charge is 0.247 e. The van der Waals surface area contributed by atoms with Crippen LogP contribution >= 0.6 is 11.3 Å². The molecule has 0 amide bonds. The first-order valence-corrected chi connectivity index (χ1v) is 7.79. The molecule has 1 aromatic heterocycles. The van der Waals surface area contributed by atoms with Crippen LogP contribution in [0.15, 0.2) is 0 Å². The molecule has 0 saturated carbocycles. The van der Waals surface area contributed by atoms with Gasteiger partial charge in [-0.3, -0.25) is 0 Å². The highest BCUT2D eigenvalue weighted by molar-refractivity contribution is 7.11. The normalized spacial score (nSPS) is 27.4. The highest BCUT2D eigenvalue weighted by Gasteiger charge is 2.26. The summed E-state index contributed by atoms with van der Waals surface area (Å²) in [6.45, 7) is 11.1. The molecule has 0 bridgehead atoms. The molecule has 1 saturated heterocycles. The summed E-state index contributed by atoms with van der Waals surface area (Å²) in [4.78, 5) is 5.90. The van der Waals surface area contributed by atoms with Crippen LogP contribution in [0.5, 0.6) is 0 Å². The van der Waals surface area contributed by atoms with E-state index in [1.54, 1.807) is 0 Å². The molecule has 2 heterocycles. The number of rotatable bonds is 3. The maximum Gasteiger partial charge on any atom is 0.0900 e. The van der Waals surface area contributed by atoms with E-state index in [1.165, 1.54) is 29.8 Å². The third-order valence-corrected chi connectivity index (χ3v) is 5.12. The van der Waals surface area contributed by atoms with Crippen LogP contribution in [0.2, 0.25) is 0 Å². The van der Waals surface area contributed by atoms with Gasteiger partial charge in [0.05, 0.1) is 16.7 Å². The van der Waals surface area contributed by atoms with Crippen LogP contribution in [-0.2, 0) is 0 Å². The van der Waals surface area contributed by atoms with Crippen LogP contribution in [-0.4, -0.2) is 22.1 Å². The predicted octanol–water partition coefficient (Wildman–Crippen LogP) is 3.59. The van der Waals surface area contributed by atoms with Gasteiger partial charge in [0.25, 0.3) is 0 Å². The molecule has 1 aromatic rings. The maximum atomic E-state index is 4.52. The van der Waals surface area contributed by atoms with E-state index in [0.29, 0.717) is 18.1 Å². The van der Waals surface area contributed by atoms with Gasteiger partial charge in [-0.25, -0.2) is 15.4 Å². The summed E-state index contributed by atoms with van der Waals surface area (Å²) in [5.74, 6) is 0. The molecule has 3 nitrogen and oxygen atoms in total. The zero-order valence-electron chi connectivity index (χ0n) is 12.2. The average molecular weight is 267 g/mol. The quantitative estimate of drug-likeness (QED) is 0.907. The van der Waals surface area contributed by atoms with Crippen molar-refractivity contribution in [2.75, 3.05) is 0 Å². The zero-order chi connectivity index (χ0) is 13.3. The first-order chi connectivity index (χ1) is 8.49. The van der Waals surface area contributed by atoms with Crippen molar-refractivity contribution in [3.05, 3.63) is 15.6 Å². The summed E-state index contributed by atoms with van der Waals surface area (Å²) < 4.78 is 0. The summed E-state index contributed by atoms with van der Waals surface area (Å²) in [7, 11) is 0. The van der Waals surface area contributed by atoms with Crippen LogP contribution in [0.3, 0.4) is 0 Å². The Morgan fingerprint density at radius 3 is 2.39 bits per heavy atom. The Kier molecular flexibility index (Phi) is 4.41. The first-order valence-electron chi connectivity index (χ1n) is 6.97. The third kappa shape index (κ3) is 2.92. The molecule has 102 valence electrons. The van der Waals surface area contributed by atoms with Gasteiger partial charge in [0.1, 0.15) is 0 Å². The SMILES string of the molecule is Cc1nc(C)c(C(C)NN2C(C)CCCC2C)s1. The number of piperidine rings is 1. The summed E-state index contributed by atoms with van der Waals surface area (Å²) in [5.41, 5.74) is 4.87. The second-order valence-electron chi connectivity index (χ2n) is 5.57. The number of hydrogen-bond donors (Lipinski definition) is 1. The van der Waals surface area contributed by atoms with E-state index < -0.39 is 0 Å². The minimum atomic E-state index is 0.360. The van der Waals surface area contributed by atoms with E-state index in [9.17, 15) is 0 Å². The fourth-order valence-electron chi connectivity index (χ4n) is 2.91. The number of nitrogens with one attached hydrogen (secondary N) is 1. The molecule has 18 heavy (non-hydrogen) atoms. The Hall–Kier alpha value is -0.450. The first kappa shape index (κ1) is 14.0. The van der Waals surface area contributed by atoms with E-state index in [-0.39, 0.29) is 0 Å². The molecule has 1 N–H and O–H groups in total. The van der Waals surface area contributed by atoms with E-state index in [0.717, 1.165) is 5.01 Å². The van der Waals surface area contributed by atoms with Gasteiger partial charge in [-0.05, 0) is 47.5 Å². The molecule has 0 spiro atoms. The van der Waals surface area contributed by atoms with E-state index in [1.807, 2.05) is 11.3 Å². The van der Waals surface area contributed by atoms with Crippen LogP contribution in [0.4, 0.5) is 0 Å². The van der Waals surface area contributed by atoms with Crippen LogP contribution in [0.25, 0.3) is 0 Å². The Morgan fingerprint density at radius 1 is 1.28 bits per heavy atom. The lowest BCUT2D eigenvalue weighted by molar-refractivity contribution is 0.0324. The molecule has 0 aromatic carbocycles. The minimum absolute atomic E-state index is 0.360. The Balaban J connectivity index is 2.06. The Morgan fingerprint density at radius 2 is 1.89 bits per heavy atom. The maximum absolute atomic E-state index is 4.52. The highest BCUT2D eigenvalue weighted by atomic mass is 32.1. The van der Waals surface area contributed by atoms with Crippen molar-refractivity contribution in [3.63, 3.8) is 0 Å². The average Bonchev–Trinajstić information content (AvgIpc) is 2.63. The van der Waals surface area contributed by atoms with Gasteiger partial charge in [0.2, 0.25) is 0 Å². The smallest absolute Gasteiger partial charge is 0.0900 e. The van der Waals surface area contributed by atoms with Crippen molar-refractivity contribution in [2.24, 2.45) is 0 Å². The fraction of sp³-hybridized carbons (Fsp3) is 0.786. The molecule has 0 aliphatic carbocycles. The van der Waals surface area contributed by atoms with Crippen molar-refractivity contribution in [2.45, 2.75) is 72.0 Å². The lowest BCUT2D eigenvalue weighted by Crippen LogP contribution is -2.52. The van der Waals surface area contributed by atoms with Crippen LogP contribution < -0.4 is 5.43 Å². The zero-order valence-corrected chi connectivity index (χ0v) is 13.0. The van der Waals surface area contributed by atoms with E-state index in [2.05, 4.69) is 50.0 Å². The standard InChI is InChI=1S/C14H25N3S/c1-9-7-6-8-10(2)17(9)16-12(4)14-11(3)15-13(5)18-14/h9-10,12,16H,6-8H2,1-5H3. The molecular formula is C14H25N3S. The van der Waals surface area contributed by atoms with Gasteiger partial charge in [-0.1, -0.05) is 6.42 Å². The highest BCUT2D eigenvalue weighted by Crippen LogP contribution is 2.27. The number of aryl methyl sites for hydroxylation is 2. The molecule has 1 aliphatic heterocycles. The summed E-state index contributed by atoms with van der Waals surface area (Å²) in [6, 6.07) is 1.62. The lowest BCUT2D eigenvalue weighted by Gasteiger charge is -2.40. The van der Waals surface area contributed by atoms with Crippen molar-refractivity contribution >= 4 is 11.3 Å². The Bertz CT molecular complexity index is 392. The minimum Gasteiger partial charge on any atom is -0.247 e. The van der Waals surface area contributed by atoms with Crippen molar-refractivity contribution in [1.82, 2.24) is 15.4 Å². The van der Waals surface area contributed by atoms with Gasteiger partial charge in [0, 0.05) is 17.0 Å². The lowest BCUT2D eigenvalue weighted by atomic mass is 10.00. The molecule has 0 radical (unpaired) electrons. The second kappa shape index (κ2) is 5.68. The molecule has 4 heteroatoms. The van der Waals surface area contributed by atoms with Gasteiger partial charge >= 0.3 is 0 Å². The van der Waals surface area contributed by atoms with Gasteiger partial charge in [-0.2, -0.15) is 0 Å². The second-order valence-corrected chi connectivity index (χ2v) is 6.80. The summed E-state index contributed by atoms with van der Waals surface area (Å²) in [5, 5.41) is 3.61. The number of thiazole rings is 1. The number of hydrazine groups is 1. The molecule has 3 atom stereocenters. The van der Waals surface area contributed by atoms with E-state index in [4.69, 9.17) is 0 Å².